The van der Waals surface area contributed by atoms with Crippen molar-refractivity contribution in [2.24, 2.45) is 0 Å². The van der Waals surface area contributed by atoms with E-state index in [4.69, 9.17) is 9.47 Å². The van der Waals surface area contributed by atoms with Gasteiger partial charge in [-0.2, -0.15) is 0 Å². The van der Waals surface area contributed by atoms with Gasteiger partial charge in [-0.15, -0.1) is 0 Å². The van der Waals surface area contributed by atoms with Crippen molar-refractivity contribution < 1.29 is 24.5 Å². The van der Waals surface area contributed by atoms with Crippen LogP contribution in [0.15, 0.2) is 18.2 Å². The monoisotopic (exact) mass is 378 g/mol. The first kappa shape index (κ1) is 19.9. The molecule has 1 unspecified atom stereocenters. The molecule has 150 valence electrons. The number of amides is 1. The van der Waals surface area contributed by atoms with E-state index >= 15 is 0 Å². The van der Waals surface area contributed by atoms with E-state index in [1.54, 1.807) is 17.0 Å². The predicted molar refractivity (Wildman–Crippen MR) is 101 cm³/mol. The molecule has 2 heterocycles. The quantitative estimate of drug-likeness (QED) is 0.808. The number of morpholine rings is 1. The zero-order valence-corrected chi connectivity index (χ0v) is 16.0. The first-order valence-corrected chi connectivity index (χ1v) is 9.78. The second-order valence-electron chi connectivity index (χ2n) is 7.37. The molecule has 1 aromatic rings. The Morgan fingerprint density at radius 2 is 2.00 bits per heavy atom. The lowest BCUT2D eigenvalue weighted by atomic mass is 9.94. The Morgan fingerprint density at radius 1 is 1.22 bits per heavy atom. The van der Waals surface area contributed by atoms with Crippen LogP contribution in [0.2, 0.25) is 0 Å². The number of benzene rings is 1. The smallest absolute Gasteiger partial charge is 0.253 e. The summed E-state index contributed by atoms with van der Waals surface area (Å²) in [6, 6.07) is 4.70. The van der Waals surface area contributed by atoms with E-state index in [-0.39, 0.29) is 11.7 Å². The zero-order chi connectivity index (χ0) is 19.3. The fraction of sp³-hybridized carbons (Fsp3) is 0.650. The number of ether oxygens (including phenoxy) is 2. The SMILES string of the molecule is CCOc1cc(C(=O)N2CCCC(O)(CN3CCOCC3)CC2)ccc1O. The maximum Gasteiger partial charge on any atom is 0.253 e. The second kappa shape index (κ2) is 8.91. The third-order valence-electron chi connectivity index (χ3n) is 5.33. The van der Waals surface area contributed by atoms with Gasteiger partial charge in [-0.05, 0) is 44.4 Å². The molecule has 27 heavy (non-hydrogen) atoms. The highest BCUT2D eigenvalue weighted by atomic mass is 16.5. The Balaban J connectivity index is 1.63. The maximum atomic E-state index is 12.9. The molecule has 0 radical (unpaired) electrons. The molecule has 1 amide bonds. The van der Waals surface area contributed by atoms with Crippen molar-refractivity contribution in [3.05, 3.63) is 23.8 Å². The largest absolute Gasteiger partial charge is 0.504 e. The standard InChI is InChI=1S/C20H30N2O5/c1-2-27-18-14-16(4-5-17(18)23)19(24)22-8-3-6-20(25,7-9-22)15-21-10-12-26-13-11-21/h4-5,14,23,25H,2-3,6-13,15H2,1H3. The molecule has 2 N–H and O–H groups in total. The molecule has 2 saturated heterocycles. The number of phenols is 1. The van der Waals surface area contributed by atoms with E-state index in [1.807, 2.05) is 6.92 Å². The van der Waals surface area contributed by atoms with E-state index in [1.165, 1.54) is 6.07 Å². The summed E-state index contributed by atoms with van der Waals surface area (Å²) in [6.45, 7) is 7.14. The number of rotatable bonds is 5. The molecule has 2 aliphatic rings. The van der Waals surface area contributed by atoms with Crippen molar-refractivity contribution in [2.45, 2.75) is 31.8 Å². The topological polar surface area (TPSA) is 82.5 Å². The summed E-state index contributed by atoms with van der Waals surface area (Å²) in [7, 11) is 0. The van der Waals surface area contributed by atoms with Crippen LogP contribution in [0.4, 0.5) is 0 Å². The third-order valence-corrected chi connectivity index (χ3v) is 5.33. The molecule has 1 atom stereocenters. The summed E-state index contributed by atoms with van der Waals surface area (Å²) >= 11 is 0. The molecule has 7 heteroatoms. The minimum Gasteiger partial charge on any atom is -0.504 e. The van der Waals surface area contributed by atoms with Gasteiger partial charge in [0.25, 0.3) is 5.91 Å². The Morgan fingerprint density at radius 3 is 2.74 bits per heavy atom. The van der Waals surface area contributed by atoms with Gasteiger partial charge >= 0.3 is 0 Å². The summed E-state index contributed by atoms with van der Waals surface area (Å²) < 4.78 is 10.8. The molecular formula is C20H30N2O5. The highest BCUT2D eigenvalue weighted by Gasteiger charge is 2.34. The van der Waals surface area contributed by atoms with Crippen molar-refractivity contribution in [1.29, 1.82) is 0 Å². The van der Waals surface area contributed by atoms with Crippen molar-refractivity contribution in [2.75, 3.05) is 52.5 Å². The highest BCUT2D eigenvalue weighted by Crippen LogP contribution is 2.29. The van der Waals surface area contributed by atoms with E-state index in [0.717, 1.165) is 19.5 Å². The first-order chi connectivity index (χ1) is 13.0. The maximum absolute atomic E-state index is 12.9. The number of aromatic hydroxyl groups is 1. The molecule has 0 saturated carbocycles. The van der Waals surface area contributed by atoms with Crippen LogP contribution < -0.4 is 4.74 Å². The van der Waals surface area contributed by atoms with E-state index in [0.29, 0.717) is 63.6 Å². The Labute approximate surface area is 160 Å². The van der Waals surface area contributed by atoms with Gasteiger partial charge in [-0.3, -0.25) is 9.69 Å². The number of aliphatic hydroxyl groups is 1. The van der Waals surface area contributed by atoms with Crippen LogP contribution in [0.3, 0.4) is 0 Å². The Bertz CT molecular complexity index is 647. The molecule has 0 spiro atoms. The molecule has 3 rings (SSSR count). The number of hydrogen-bond donors (Lipinski definition) is 2. The molecule has 0 aliphatic carbocycles. The summed E-state index contributed by atoms with van der Waals surface area (Å²) in [6.07, 6.45) is 2.02. The number of phenolic OH excluding ortho intramolecular Hbond substituents is 1. The van der Waals surface area contributed by atoms with Gasteiger partial charge in [0.1, 0.15) is 0 Å². The predicted octanol–water partition coefficient (Wildman–Crippen LogP) is 1.48. The van der Waals surface area contributed by atoms with E-state index in [2.05, 4.69) is 4.90 Å². The molecule has 7 nitrogen and oxygen atoms in total. The zero-order valence-electron chi connectivity index (χ0n) is 16.0. The van der Waals surface area contributed by atoms with Gasteiger partial charge in [-0.1, -0.05) is 0 Å². The van der Waals surface area contributed by atoms with Gasteiger partial charge in [0.15, 0.2) is 11.5 Å². The summed E-state index contributed by atoms with van der Waals surface area (Å²) in [5, 5.41) is 20.9. The molecule has 0 bridgehead atoms. The van der Waals surface area contributed by atoms with Crippen LogP contribution in [0.1, 0.15) is 36.5 Å². The molecule has 1 aromatic carbocycles. The van der Waals surface area contributed by atoms with E-state index < -0.39 is 5.60 Å². The van der Waals surface area contributed by atoms with Crippen LogP contribution in [-0.4, -0.2) is 84.1 Å². The minimum absolute atomic E-state index is 0.0316. The first-order valence-electron chi connectivity index (χ1n) is 9.78. The van der Waals surface area contributed by atoms with Crippen LogP contribution in [0.25, 0.3) is 0 Å². The molecular weight excluding hydrogens is 348 g/mol. The van der Waals surface area contributed by atoms with Crippen molar-refractivity contribution in [3.63, 3.8) is 0 Å². The molecule has 0 aromatic heterocycles. The summed E-state index contributed by atoms with van der Waals surface area (Å²) in [5.74, 6) is 0.262. The van der Waals surface area contributed by atoms with Gasteiger partial charge in [-0.25, -0.2) is 0 Å². The van der Waals surface area contributed by atoms with Gasteiger partial charge in [0.05, 0.1) is 25.4 Å². The molecule has 2 aliphatic heterocycles. The summed E-state index contributed by atoms with van der Waals surface area (Å²) in [4.78, 5) is 16.9. The lowest BCUT2D eigenvalue weighted by Gasteiger charge is -2.35. The van der Waals surface area contributed by atoms with Gasteiger partial charge < -0.3 is 24.6 Å². The highest BCUT2D eigenvalue weighted by molar-refractivity contribution is 5.95. The average Bonchev–Trinajstić information content (AvgIpc) is 2.86. The molecule has 2 fully saturated rings. The number of carbonyl (C=O) groups is 1. The third kappa shape index (κ3) is 5.12. The number of hydrogen-bond acceptors (Lipinski definition) is 6. The van der Waals surface area contributed by atoms with Crippen LogP contribution in [0, 0.1) is 0 Å². The number of β-amino-alcohol motifs (C(OH)–C–C–N with tert-alkyl or cyclic N) is 1. The van der Waals surface area contributed by atoms with Crippen molar-refractivity contribution >= 4 is 5.91 Å². The van der Waals surface area contributed by atoms with Crippen molar-refractivity contribution in [3.8, 4) is 11.5 Å². The second-order valence-corrected chi connectivity index (χ2v) is 7.37. The lowest BCUT2D eigenvalue weighted by molar-refractivity contribution is -0.0389. The minimum atomic E-state index is -0.766. The fourth-order valence-corrected chi connectivity index (χ4v) is 3.82. The van der Waals surface area contributed by atoms with E-state index in [9.17, 15) is 15.0 Å². The summed E-state index contributed by atoms with van der Waals surface area (Å²) in [5.41, 5.74) is -0.271. The Hall–Kier alpha value is -1.83. The number of likely N-dealkylation sites (tertiary alicyclic amines) is 1. The normalized spacial score (nSPS) is 24.4. The average molecular weight is 378 g/mol. The number of carbonyl (C=O) groups excluding carboxylic acids is 1. The fourth-order valence-electron chi connectivity index (χ4n) is 3.82. The van der Waals surface area contributed by atoms with Gasteiger partial charge in [0.2, 0.25) is 0 Å². The number of nitrogens with zero attached hydrogens (tertiary/aromatic N) is 2. The van der Waals surface area contributed by atoms with Crippen LogP contribution in [-0.2, 0) is 4.74 Å². The Kier molecular flexibility index (Phi) is 6.57. The lowest BCUT2D eigenvalue weighted by Crippen LogP contribution is -2.48. The van der Waals surface area contributed by atoms with Crippen LogP contribution in [0.5, 0.6) is 11.5 Å². The van der Waals surface area contributed by atoms with Gasteiger partial charge in [0, 0.05) is 38.3 Å². The van der Waals surface area contributed by atoms with Crippen molar-refractivity contribution in [1.82, 2.24) is 9.80 Å². The van der Waals surface area contributed by atoms with Crippen LogP contribution >= 0.6 is 0 Å².